The number of amides is 1. The van der Waals surface area contributed by atoms with Crippen LogP contribution in [0.2, 0.25) is 5.02 Å². The van der Waals surface area contributed by atoms with Crippen LogP contribution in [0.25, 0.3) is 21.5 Å². The van der Waals surface area contributed by atoms with E-state index in [9.17, 15) is 9.59 Å². The Morgan fingerprint density at radius 3 is 2.75 bits per heavy atom. The van der Waals surface area contributed by atoms with Crippen LogP contribution in [0.3, 0.4) is 0 Å². The summed E-state index contributed by atoms with van der Waals surface area (Å²) in [5, 5.41) is 7.59. The Morgan fingerprint density at radius 2 is 1.94 bits per heavy atom. The standard InChI is InChI=1S/C22H18ClN3O5S/c1-2-29-15-9-5-3-7-13(15)21-25-17(31-26-21)12-30-18(27)11-24-22(28)20-19(23)14-8-4-6-10-16(14)32-20/h3-10H,2,11-12H2,1H3,(H,24,28). The van der Waals surface area contributed by atoms with E-state index in [0.29, 0.717) is 33.6 Å². The first kappa shape index (κ1) is 21.8. The maximum Gasteiger partial charge on any atom is 0.325 e. The smallest absolute Gasteiger partial charge is 0.325 e. The SMILES string of the molecule is CCOc1ccccc1-c1noc(COC(=O)CNC(=O)c2sc3ccccc3c2Cl)n1. The second-order valence-electron chi connectivity index (χ2n) is 6.53. The number of hydrogen-bond donors (Lipinski definition) is 1. The van der Waals surface area contributed by atoms with Crippen LogP contribution in [0.4, 0.5) is 0 Å². The van der Waals surface area contributed by atoms with E-state index in [1.807, 2.05) is 43.3 Å². The number of aromatic nitrogens is 2. The van der Waals surface area contributed by atoms with Crippen molar-refractivity contribution in [1.29, 1.82) is 0 Å². The normalized spacial score (nSPS) is 10.8. The Hall–Kier alpha value is -3.43. The maximum atomic E-state index is 12.4. The van der Waals surface area contributed by atoms with E-state index < -0.39 is 11.9 Å². The number of halogens is 1. The highest BCUT2D eigenvalue weighted by atomic mass is 35.5. The molecule has 0 bridgehead atoms. The van der Waals surface area contributed by atoms with Crippen molar-refractivity contribution in [2.24, 2.45) is 0 Å². The molecule has 1 amide bonds. The summed E-state index contributed by atoms with van der Waals surface area (Å²) in [6.45, 7) is 1.84. The third-order valence-corrected chi connectivity index (χ3v) is 6.06. The van der Waals surface area contributed by atoms with Gasteiger partial charge in [-0.05, 0) is 25.1 Å². The van der Waals surface area contributed by atoms with E-state index in [4.69, 9.17) is 25.6 Å². The molecule has 0 aliphatic heterocycles. The molecule has 0 fully saturated rings. The van der Waals surface area contributed by atoms with Gasteiger partial charge in [-0.15, -0.1) is 11.3 Å². The molecular weight excluding hydrogens is 454 g/mol. The average Bonchev–Trinajstić information content (AvgIpc) is 3.42. The van der Waals surface area contributed by atoms with Crippen molar-refractivity contribution < 1.29 is 23.6 Å². The Morgan fingerprint density at radius 1 is 1.16 bits per heavy atom. The second-order valence-corrected chi connectivity index (χ2v) is 7.96. The Labute approximate surface area is 192 Å². The first-order valence-corrected chi connectivity index (χ1v) is 10.9. The molecule has 0 aliphatic rings. The molecule has 10 heteroatoms. The molecular formula is C22H18ClN3O5S. The van der Waals surface area contributed by atoms with Crippen LogP contribution in [-0.2, 0) is 16.1 Å². The van der Waals surface area contributed by atoms with E-state index in [2.05, 4.69) is 15.5 Å². The molecule has 164 valence electrons. The fourth-order valence-electron chi connectivity index (χ4n) is 2.94. The molecule has 0 spiro atoms. The molecule has 4 rings (SSSR count). The number of benzene rings is 2. The number of fused-ring (bicyclic) bond motifs is 1. The van der Waals surface area contributed by atoms with E-state index in [1.54, 1.807) is 12.1 Å². The lowest BCUT2D eigenvalue weighted by Gasteiger charge is -2.06. The molecule has 2 aromatic heterocycles. The summed E-state index contributed by atoms with van der Waals surface area (Å²) in [5.74, 6) is -0.0147. The van der Waals surface area contributed by atoms with E-state index in [0.717, 1.165) is 10.1 Å². The van der Waals surface area contributed by atoms with Crippen molar-refractivity contribution in [3.05, 3.63) is 64.3 Å². The maximum absolute atomic E-state index is 12.4. The minimum atomic E-state index is -0.648. The van der Waals surface area contributed by atoms with Crippen molar-refractivity contribution in [2.45, 2.75) is 13.5 Å². The van der Waals surface area contributed by atoms with Crippen LogP contribution in [0.5, 0.6) is 5.75 Å². The number of rotatable bonds is 8. The van der Waals surface area contributed by atoms with Crippen molar-refractivity contribution in [1.82, 2.24) is 15.5 Å². The summed E-state index contributed by atoms with van der Waals surface area (Å²) < 4.78 is 16.7. The first-order chi connectivity index (χ1) is 15.6. The molecule has 32 heavy (non-hydrogen) atoms. The molecule has 0 saturated heterocycles. The Bertz CT molecular complexity index is 1270. The zero-order valence-electron chi connectivity index (χ0n) is 17.0. The van der Waals surface area contributed by atoms with Gasteiger partial charge in [0.1, 0.15) is 17.2 Å². The van der Waals surface area contributed by atoms with Crippen molar-refractivity contribution in [2.75, 3.05) is 13.2 Å². The van der Waals surface area contributed by atoms with E-state index in [1.165, 1.54) is 11.3 Å². The van der Waals surface area contributed by atoms with Crippen molar-refractivity contribution in [3.8, 4) is 17.1 Å². The van der Waals surface area contributed by atoms with Crippen molar-refractivity contribution in [3.63, 3.8) is 0 Å². The summed E-state index contributed by atoms with van der Waals surface area (Å²) in [5.41, 5.74) is 0.670. The zero-order chi connectivity index (χ0) is 22.5. The van der Waals surface area contributed by atoms with Crippen LogP contribution in [0.15, 0.2) is 53.1 Å². The lowest BCUT2D eigenvalue weighted by molar-refractivity contribution is -0.144. The number of nitrogens with zero attached hydrogens (tertiary/aromatic N) is 2. The molecule has 0 aliphatic carbocycles. The number of esters is 1. The van der Waals surface area contributed by atoms with E-state index in [-0.39, 0.29) is 19.0 Å². The quantitative estimate of drug-likeness (QED) is 0.378. The number of thiophene rings is 1. The predicted molar refractivity (Wildman–Crippen MR) is 120 cm³/mol. The van der Waals surface area contributed by atoms with E-state index >= 15 is 0 Å². The van der Waals surface area contributed by atoms with Gasteiger partial charge >= 0.3 is 5.97 Å². The molecule has 8 nitrogen and oxygen atoms in total. The predicted octanol–water partition coefficient (Wildman–Crippen LogP) is 4.48. The van der Waals surface area contributed by atoms with Crippen LogP contribution in [0.1, 0.15) is 22.5 Å². The highest BCUT2D eigenvalue weighted by Crippen LogP contribution is 2.35. The number of carbonyl (C=O) groups is 2. The monoisotopic (exact) mass is 471 g/mol. The number of para-hydroxylation sites is 1. The van der Waals surface area contributed by atoms with Crippen LogP contribution in [0, 0.1) is 0 Å². The van der Waals surface area contributed by atoms with Gasteiger partial charge in [-0.2, -0.15) is 4.98 Å². The molecule has 0 radical (unpaired) electrons. The van der Waals surface area contributed by atoms with Gasteiger partial charge < -0.3 is 19.3 Å². The Kier molecular flexibility index (Phi) is 6.67. The molecule has 2 aromatic carbocycles. The van der Waals surface area contributed by atoms with Gasteiger partial charge in [0.15, 0.2) is 6.61 Å². The fraction of sp³-hybridized carbons (Fsp3) is 0.182. The van der Waals surface area contributed by atoms with Gasteiger partial charge in [-0.3, -0.25) is 9.59 Å². The van der Waals surface area contributed by atoms with Crippen LogP contribution >= 0.6 is 22.9 Å². The minimum absolute atomic E-state index is 0.124. The third-order valence-electron chi connectivity index (χ3n) is 4.39. The van der Waals surface area contributed by atoms with Gasteiger partial charge in [0.25, 0.3) is 11.8 Å². The summed E-state index contributed by atoms with van der Waals surface area (Å²) in [4.78, 5) is 29.0. The first-order valence-electron chi connectivity index (χ1n) is 9.72. The number of nitrogens with one attached hydrogen (secondary N) is 1. The summed E-state index contributed by atoms with van der Waals surface area (Å²) in [6, 6.07) is 14.7. The molecule has 1 N–H and O–H groups in total. The van der Waals surface area contributed by atoms with Crippen molar-refractivity contribution >= 4 is 44.9 Å². The zero-order valence-corrected chi connectivity index (χ0v) is 18.5. The largest absolute Gasteiger partial charge is 0.493 e. The topological polar surface area (TPSA) is 104 Å². The van der Waals surface area contributed by atoms with Gasteiger partial charge in [-0.1, -0.05) is 47.1 Å². The average molecular weight is 472 g/mol. The van der Waals surface area contributed by atoms with Gasteiger partial charge in [0.05, 0.1) is 17.2 Å². The minimum Gasteiger partial charge on any atom is -0.493 e. The molecule has 0 atom stereocenters. The highest BCUT2D eigenvalue weighted by molar-refractivity contribution is 7.21. The molecule has 0 saturated carbocycles. The lowest BCUT2D eigenvalue weighted by atomic mass is 10.2. The fourth-order valence-corrected chi connectivity index (χ4v) is 4.38. The van der Waals surface area contributed by atoms with Gasteiger partial charge in [-0.25, -0.2) is 0 Å². The van der Waals surface area contributed by atoms with Gasteiger partial charge in [0.2, 0.25) is 5.82 Å². The summed E-state index contributed by atoms with van der Waals surface area (Å²) >= 11 is 7.55. The number of carbonyl (C=O) groups excluding carboxylic acids is 2. The highest BCUT2D eigenvalue weighted by Gasteiger charge is 2.18. The number of ether oxygens (including phenoxy) is 2. The molecule has 2 heterocycles. The van der Waals surface area contributed by atoms with Crippen LogP contribution < -0.4 is 10.1 Å². The Balaban J connectivity index is 1.32. The molecule has 0 unspecified atom stereocenters. The number of hydrogen-bond acceptors (Lipinski definition) is 8. The molecule has 4 aromatic rings. The summed E-state index contributed by atoms with van der Waals surface area (Å²) in [7, 11) is 0. The third kappa shape index (κ3) is 4.74. The van der Waals surface area contributed by atoms with Gasteiger partial charge in [0, 0.05) is 10.1 Å². The lowest BCUT2D eigenvalue weighted by Crippen LogP contribution is -2.30. The van der Waals surface area contributed by atoms with Crippen LogP contribution in [-0.4, -0.2) is 35.2 Å². The second kappa shape index (κ2) is 9.80. The summed E-state index contributed by atoms with van der Waals surface area (Å²) in [6.07, 6.45) is 0.